The van der Waals surface area contributed by atoms with Gasteiger partial charge in [0, 0.05) is 11.9 Å². The zero-order chi connectivity index (χ0) is 17.3. The van der Waals surface area contributed by atoms with Gasteiger partial charge in [0.05, 0.1) is 12.1 Å². The maximum absolute atomic E-state index is 12.6. The number of rotatable bonds is 3. The molecule has 0 spiro atoms. The van der Waals surface area contributed by atoms with Gasteiger partial charge in [-0.2, -0.15) is 0 Å². The number of pyridine rings is 1. The van der Waals surface area contributed by atoms with E-state index in [4.69, 9.17) is 21.1 Å². The number of ether oxygens (including phenoxy) is 2. The van der Waals surface area contributed by atoms with Gasteiger partial charge in [0.15, 0.2) is 11.6 Å². The number of methoxy groups -OCH3 is 1. The van der Waals surface area contributed by atoms with E-state index in [1.54, 1.807) is 24.3 Å². The average Bonchev–Trinajstić information content (AvgIpc) is 2.56. The van der Waals surface area contributed by atoms with Crippen molar-refractivity contribution < 1.29 is 19.1 Å². The molecule has 124 valence electrons. The summed E-state index contributed by atoms with van der Waals surface area (Å²) in [4.78, 5) is 28.9. The summed E-state index contributed by atoms with van der Waals surface area (Å²) < 4.78 is 10.7. The Balaban J connectivity index is 1.84. The minimum Gasteiger partial charge on any atom is -0.495 e. The van der Waals surface area contributed by atoms with Crippen LogP contribution in [0.15, 0.2) is 36.5 Å². The van der Waals surface area contributed by atoms with E-state index in [0.29, 0.717) is 22.2 Å². The predicted octanol–water partition coefficient (Wildman–Crippen LogP) is 2.47. The van der Waals surface area contributed by atoms with Gasteiger partial charge >= 0.3 is 0 Å². The summed E-state index contributed by atoms with van der Waals surface area (Å²) in [5.41, 5.74) is -1.32. The van der Waals surface area contributed by atoms with E-state index in [2.05, 4.69) is 15.6 Å². The van der Waals surface area contributed by atoms with Gasteiger partial charge in [0.25, 0.3) is 17.4 Å². The largest absolute Gasteiger partial charge is 0.495 e. The second-order valence-electron chi connectivity index (χ2n) is 5.24. The second kappa shape index (κ2) is 6.01. The van der Waals surface area contributed by atoms with Crippen LogP contribution < -0.4 is 20.1 Å². The Morgan fingerprint density at radius 3 is 2.92 bits per heavy atom. The fourth-order valence-electron chi connectivity index (χ4n) is 2.20. The molecule has 0 saturated heterocycles. The summed E-state index contributed by atoms with van der Waals surface area (Å²) in [6.45, 7) is 1.39. The molecule has 1 aromatic carbocycles. The van der Waals surface area contributed by atoms with E-state index in [0.717, 1.165) is 0 Å². The molecule has 7 nitrogen and oxygen atoms in total. The topological polar surface area (TPSA) is 89.6 Å². The van der Waals surface area contributed by atoms with Crippen LogP contribution in [0.2, 0.25) is 5.02 Å². The second-order valence-corrected chi connectivity index (χ2v) is 5.65. The first-order chi connectivity index (χ1) is 11.4. The number of amides is 2. The molecule has 1 aromatic heterocycles. The lowest BCUT2D eigenvalue weighted by molar-refractivity contribution is -0.143. The molecule has 2 amide bonds. The molecule has 0 bridgehead atoms. The maximum Gasteiger partial charge on any atom is 0.279 e. The highest BCUT2D eigenvalue weighted by Crippen LogP contribution is 2.33. The van der Waals surface area contributed by atoms with Crippen LogP contribution in [0.3, 0.4) is 0 Å². The normalized spacial score (nSPS) is 18.9. The zero-order valence-electron chi connectivity index (χ0n) is 12.9. The van der Waals surface area contributed by atoms with Gasteiger partial charge in [-0.1, -0.05) is 11.6 Å². The molecule has 0 fully saturated rings. The molecule has 1 aliphatic rings. The Kier molecular flexibility index (Phi) is 4.02. The highest BCUT2D eigenvalue weighted by Gasteiger charge is 2.47. The first-order valence-corrected chi connectivity index (χ1v) is 7.42. The fraction of sp³-hybridized carbons (Fsp3) is 0.188. The SMILES string of the molecule is COc1ccc(NC(=O)C2(C)Oc3cccnc3NC2=O)cc1Cl. The number of hydrogen-bond acceptors (Lipinski definition) is 5. The van der Waals surface area contributed by atoms with E-state index >= 15 is 0 Å². The van der Waals surface area contributed by atoms with Crippen molar-refractivity contribution in [2.45, 2.75) is 12.5 Å². The number of nitrogens with zero attached hydrogens (tertiary/aromatic N) is 1. The summed E-state index contributed by atoms with van der Waals surface area (Å²) >= 11 is 6.03. The smallest absolute Gasteiger partial charge is 0.279 e. The lowest BCUT2D eigenvalue weighted by Crippen LogP contribution is -2.56. The minimum atomic E-state index is -1.73. The van der Waals surface area contributed by atoms with Crippen LogP contribution in [0, 0.1) is 0 Å². The van der Waals surface area contributed by atoms with Crippen LogP contribution in [-0.2, 0) is 9.59 Å². The molecule has 2 N–H and O–H groups in total. The summed E-state index contributed by atoms with van der Waals surface area (Å²) in [7, 11) is 1.49. The van der Waals surface area contributed by atoms with Gasteiger partial charge in [0.2, 0.25) is 0 Å². The molecule has 2 heterocycles. The van der Waals surface area contributed by atoms with E-state index < -0.39 is 17.4 Å². The molecule has 1 unspecified atom stereocenters. The van der Waals surface area contributed by atoms with Crippen molar-refractivity contribution in [2.24, 2.45) is 0 Å². The molecule has 3 rings (SSSR count). The highest BCUT2D eigenvalue weighted by molar-refractivity contribution is 6.32. The van der Waals surface area contributed by atoms with Gasteiger partial charge in [0.1, 0.15) is 5.75 Å². The number of hydrogen-bond donors (Lipinski definition) is 2. The number of benzene rings is 1. The highest BCUT2D eigenvalue weighted by atomic mass is 35.5. The standard InChI is InChI=1S/C16H14ClN3O4/c1-16(15(22)20-13-12(24-16)4-3-7-18-13)14(21)19-9-5-6-11(23-2)10(17)8-9/h3-8H,1-2H3,(H,19,21)(H,18,20,22). The third kappa shape index (κ3) is 2.74. The monoisotopic (exact) mass is 347 g/mol. The van der Waals surface area contributed by atoms with Crippen LogP contribution in [0.25, 0.3) is 0 Å². The Labute approximate surface area is 142 Å². The van der Waals surface area contributed by atoms with Crippen molar-refractivity contribution in [3.05, 3.63) is 41.6 Å². The molecule has 1 atom stereocenters. The molecule has 24 heavy (non-hydrogen) atoms. The molecular formula is C16H14ClN3O4. The lowest BCUT2D eigenvalue weighted by Gasteiger charge is -2.32. The van der Waals surface area contributed by atoms with Crippen LogP contribution >= 0.6 is 11.6 Å². The van der Waals surface area contributed by atoms with Gasteiger partial charge in [-0.3, -0.25) is 9.59 Å². The van der Waals surface area contributed by atoms with Crippen LogP contribution in [0.1, 0.15) is 6.92 Å². The Morgan fingerprint density at radius 1 is 1.42 bits per heavy atom. The quantitative estimate of drug-likeness (QED) is 0.832. The Morgan fingerprint density at radius 2 is 2.21 bits per heavy atom. The molecule has 8 heteroatoms. The van der Waals surface area contributed by atoms with Crippen LogP contribution in [-0.4, -0.2) is 29.5 Å². The summed E-state index contributed by atoms with van der Waals surface area (Å²) in [5, 5.41) is 5.52. The summed E-state index contributed by atoms with van der Waals surface area (Å²) in [6.07, 6.45) is 1.52. The van der Waals surface area contributed by atoms with E-state index in [-0.39, 0.29) is 5.82 Å². The number of carbonyl (C=O) groups excluding carboxylic acids is 2. The summed E-state index contributed by atoms with van der Waals surface area (Å²) in [6, 6.07) is 8.02. The van der Waals surface area contributed by atoms with Gasteiger partial charge < -0.3 is 20.1 Å². The van der Waals surface area contributed by atoms with Crippen molar-refractivity contribution in [3.63, 3.8) is 0 Å². The van der Waals surface area contributed by atoms with Crippen molar-refractivity contribution in [2.75, 3.05) is 17.7 Å². The zero-order valence-corrected chi connectivity index (χ0v) is 13.7. The summed E-state index contributed by atoms with van der Waals surface area (Å²) in [5.74, 6) is -0.156. The van der Waals surface area contributed by atoms with Crippen molar-refractivity contribution in [3.8, 4) is 11.5 Å². The van der Waals surface area contributed by atoms with E-state index in [1.807, 2.05) is 0 Å². The van der Waals surface area contributed by atoms with Gasteiger partial charge in [-0.15, -0.1) is 0 Å². The molecule has 0 saturated carbocycles. The first-order valence-electron chi connectivity index (χ1n) is 7.04. The van der Waals surface area contributed by atoms with E-state index in [1.165, 1.54) is 26.3 Å². The number of aromatic nitrogens is 1. The minimum absolute atomic E-state index is 0.278. The van der Waals surface area contributed by atoms with Crippen LogP contribution in [0.5, 0.6) is 11.5 Å². The number of nitrogens with one attached hydrogen (secondary N) is 2. The van der Waals surface area contributed by atoms with Gasteiger partial charge in [-0.05, 0) is 37.3 Å². The molecule has 1 aliphatic heterocycles. The Bertz CT molecular complexity index is 827. The van der Waals surface area contributed by atoms with E-state index in [9.17, 15) is 9.59 Å². The third-order valence-corrected chi connectivity index (χ3v) is 3.89. The van der Waals surface area contributed by atoms with Crippen molar-refractivity contribution >= 4 is 34.9 Å². The third-order valence-electron chi connectivity index (χ3n) is 3.59. The molecular weight excluding hydrogens is 334 g/mol. The molecule has 2 aromatic rings. The van der Waals surface area contributed by atoms with Crippen LogP contribution in [0.4, 0.5) is 11.5 Å². The Hall–Kier alpha value is -2.80. The first kappa shape index (κ1) is 16.1. The number of anilines is 2. The fourth-order valence-corrected chi connectivity index (χ4v) is 2.46. The molecule has 0 aliphatic carbocycles. The number of carbonyl (C=O) groups is 2. The van der Waals surface area contributed by atoms with Crippen molar-refractivity contribution in [1.29, 1.82) is 0 Å². The lowest BCUT2D eigenvalue weighted by atomic mass is 10.0. The number of halogens is 1. The number of fused-ring (bicyclic) bond motifs is 1. The van der Waals surface area contributed by atoms with Crippen molar-refractivity contribution in [1.82, 2.24) is 4.98 Å². The average molecular weight is 348 g/mol. The molecule has 0 radical (unpaired) electrons. The maximum atomic E-state index is 12.6. The predicted molar refractivity (Wildman–Crippen MR) is 88.5 cm³/mol. The van der Waals surface area contributed by atoms with Gasteiger partial charge in [-0.25, -0.2) is 4.98 Å².